The van der Waals surface area contributed by atoms with Crippen molar-refractivity contribution in [2.24, 2.45) is 0 Å². The topological polar surface area (TPSA) is 70.2 Å². The zero-order chi connectivity index (χ0) is 19.0. The van der Waals surface area contributed by atoms with Gasteiger partial charge in [-0.1, -0.05) is 37.0 Å². The van der Waals surface area contributed by atoms with E-state index in [1.54, 1.807) is 0 Å². The molecule has 3 aliphatic heterocycles. The van der Waals surface area contributed by atoms with Gasteiger partial charge in [0, 0.05) is 6.04 Å². The minimum Gasteiger partial charge on any atom is -0.335 e. The molecule has 4 heterocycles. The summed E-state index contributed by atoms with van der Waals surface area (Å²) in [5.41, 5.74) is 0. The summed E-state index contributed by atoms with van der Waals surface area (Å²) in [7, 11) is 0. The second-order valence-electron chi connectivity index (χ2n) is 9.27. The Balaban J connectivity index is 1.16. The van der Waals surface area contributed by atoms with E-state index in [9.17, 15) is 4.79 Å². The molecule has 2 saturated carbocycles. The number of carbonyl (C=O) groups is 1. The molecule has 1 aromatic heterocycles. The van der Waals surface area contributed by atoms with Gasteiger partial charge in [0.1, 0.15) is 19.1 Å². The Kier molecular flexibility index (Phi) is 5.17. The first-order valence-electron chi connectivity index (χ1n) is 11.3. The van der Waals surface area contributed by atoms with Gasteiger partial charge >= 0.3 is 6.03 Å². The highest BCUT2D eigenvalue weighted by atomic mass is 32.1. The van der Waals surface area contributed by atoms with E-state index in [0.717, 1.165) is 30.6 Å². The third-order valence-electron chi connectivity index (χ3n) is 7.55. The molecular formula is C20H33N6OS+. The van der Waals surface area contributed by atoms with Gasteiger partial charge in [0.25, 0.3) is 0 Å². The van der Waals surface area contributed by atoms with Crippen molar-refractivity contribution in [2.45, 2.75) is 82.3 Å². The second-order valence-corrected chi connectivity index (χ2v) is 10.2. The van der Waals surface area contributed by atoms with Crippen LogP contribution < -0.4 is 15.5 Å². The Hall–Kier alpha value is -1.41. The molecule has 2 bridgehead atoms. The van der Waals surface area contributed by atoms with Crippen LogP contribution in [-0.2, 0) is 0 Å². The Morgan fingerprint density at radius 2 is 1.71 bits per heavy atom. The molecule has 2 N–H and O–H groups in total. The zero-order valence-electron chi connectivity index (χ0n) is 16.7. The maximum Gasteiger partial charge on any atom is 0.321 e. The monoisotopic (exact) mass is 405 g/mol. The minimum atomic E-state index is -0.138. The average molecular weight is 406 g/mol. The fourth-order valence-corrected chi connectivity index (χ4v) is 6.80. The number of nitrogens with one attached hydrogen (secondary N) is 2. The third kappa shape index (κ3) is 3.61. The maximum atomic E-state index is 12.2. The van der Waals surface area contributed by atoms with Crippen molar-refractivity contribution >= 4 is 27.6 Å². The lowest BCUT2D eigenvalue weighted by Crippen LogP contribution is -2.80. The van der Waals surface area contributed by atoms with Crippen molar-refractivity contribution in [2.75, 3.05) is 36.4 Å². The quantitative estimate of drug-likeness (QED) is 0.595. The normalized spacial score (nSPS) is 31.3. The van der Waals surface area contributed by atoms with Crippen LogP contribution in [0.2, 0.25) is 0 Å². The molecule has 1 aromatic rings. The van der Waals surface area contributed by atoms with Crippen molar-refractivity contribution in [3.63, 3.8) is 0 Å². The summed E-state index contributed by atoms with van der Waals surface area (Å²) in [5.74, 6) is 0. The molecule has 6 rings (SSSR count). The molecule has 0 unspecified atom stereocenters. The van der Waals surface area contributed by atoms with Crippen molar-refractivity contribution in [1.29, 1.82) is 0 Å². The highest BCUT2D eigenvalue weighted by Gasteiger charge is 2.55. The molecule has 28 heavy (non-hydrogen) atoms. The summed E-state index contributed by atoms with van der Waals surface area (Å²) < 4.78 is 1.36. The summed E-state index contributed by atoms with van der Waals surface area (Å²) in [6.45, 7) is 4.86. The lowest BCUT2D eigenvalue weighted by atomic mass is 9.90. The Bertz CT molecular complexity index is 683. The van der Waals surface area contributed by atoms with Gasteiger partial charge in [-0.25, -0.2) is 4.79 Å². The van der Waals surface area contributed by atoms with Crippen LogP contribution in [0.4, 0.5) is 15.1 Å². The smallest absolute Gasteiger partial charge is 0.321 e. The van der Waals surface area contributed by atoms with Crippen molar-refractivity contribution in [3.8, 4) is 0 Å². The van der Waals surface area contributed by atoms with Gasteiger partial charge in [0.2, 0.25) is 10.3 Å². The van der Waals surface area contributed by atoms with Gasteiger partial charge in [-0.05, 0) is 38.5 Å². The van der Waals surface area contributed by atoms with Gasteiger partial charge in [-0.2, -0.15) is 0 Å². The van der Waals surface area contributed by atoms with Crippen LogP contribution >= 0.6 is 11.3 Å². The van der Waals surface area contributed by atoms with E-state index >= 15 is 0 Å². The number of fused-ring (bicyclic) bond motifs is 2. The molecule has 0 atom stereocenters. The molecule has 0 spiro atoms. The largest absolute Gasteiger partial charge is 0.335 e. The first kappa shape index (κ1) is 18.6. The molecule has 0 radical (unpaired) electrons. The predicted molar refractivity (Wildman–Crippen MR) is 112 cm³/mol. The fourth-order valence-electron chi connectivity index (χ4n) is 5.96. The van der Waals surface area contributed by atoms with Crippen molar-refractivity contribution in [3.05, 3.63) is 0 Å². The third-order valence-corrected chi connectivity index (χ3v) is 8.42. The Morgan fingerprint density at radius 1 is 1.00 bits per heavy atom. The summed E-state index contributed by atoms with van der Waals surface area (Å²) >= 11 is 1.52. The van der Waals surface area contributed by atoms with E-state index in [4.69, 9.17) is 0 Å². The average Bonchev–Trinajstić information content (AvgIpc) is 3.26. The molecule has 8 heteroatoms. The van der Waals surface area contributed by atoms with Crippen molar-refractivity contribution < 1.29 is 9.28 Å². The number of amides is 2. The van der Waals surface area contributed by atoms with E-state index in [2.05, 4.69) is 25.7 Å². The molecule has 154 valence electrons. The molecule has 2 amide bonds. The van der Waals surface area contributed by atoms with Crippen LogP contribution in [0, 0.1) is 0 Å². The summed E-state index contributed by atoms with van der Waals surface area (Å²) in [4.78, 5) is 14.6. The molecule has 7 nitrogen and oxygen atoms in total. The molecule has 5 aliphatic rings. The van der Waals surface area contributed by atoms with Gasteiger partial charge in [0.05, 0.1) is 19.1 Å². The van der Waals surface area contributed by atoms with E-state index in [-0.39, 0.29) is 6.03 Å². The number of rotatable bonds is 4. The van der Waals surface area contributed by atoms with Gasteiger partial charge in [-0.15, -0.1) is 10.2 Å². The first-order chi connectivity index (χ1) is 13.7. The number of nitrogens with zero attached hydrogens (tertiary/aromatic N) is 4. The highest BCUT2D eigenvalue weighted by Crippen LogP contribution is 2.40. The lowest BCUT2D eigenvalue weighted by molar-refractivity contribution is -0.992. The minimum absolute atomic E-state index is 0.138. The Morgan fingerprint density at radius 3 is 2.39 bits per heavy atom. The second kappa shape index (κ2) is 7.78. The summed E-state index contributed by atoms with van der Waals surface area (Å²) in [6.07, 6.45) is 13.2. The van der Waals surface area contributed by atoms with Gasteiger partial charge in [-0.3, -0.25) is 5.32 Å². The number of piperazine rings is 2. The van der Waals surface area contributed by atoms with Crippen molar-refractivity contribution in [1.82, 2.24) is 15.5 Å². The molecule has 2 aliphatic carbocycles. The number of urea groups is 1. The SMILES string of the molecule is O=C(Nc1nnc(N2CC[N+]3(C4CCCCCC4)CC2C3)s1)NC1CCCC1. The maximum absolute atomic E-state index is 12.2. The number of hydrogen-bond donors (Lipinski definition) is 2. The standard InChI is InChI=1S/C20H32N6OS/c27-18(21-15-7-5-6-8-15)22-19-23-24-20(28-19)25-11-12-26(13-16(25)14-26)17-9-3-1-2-4-10-17/h15-17H,1-14H2,(H-,21,22,23,27)/p+1. The van der Waals surface area contributed by atoms with Crippen LogP contribution in [0.15, 0.2) is 0 Å². The number of carbonyl (C=O) groups excluding carboxylic acids is 1. The van der Waals surface area contributed by atoms with Crippen LogP contribution in [0.3, 0.4) is 0 Å². The van der Waals surface area contributed by atoms with E-state index in [1.807, 2.05) is 0 Å². The first-order valence-corrected chi connectivity index (χ1v) is 12.1. The van der Waals surface area contributed by atoms with Crippen LogP contribution in [0.25, 0.3) is 0 Å². The van der Waals surface area contributed by atoms with Crippen LogP contribution in [0.5, 0.6) is 0 Å². The Labute approximate surface area is 171 Å². The molecule has 5 fully saturated rings. The number of quaternary nitrogens is 1. The summed E-state index contributed by atoms with van der Waals surface area (Å²) in [6, 6.07) is 1.68. The van der Waals surface area contributed by atoms with Gasteiger partial charge in [0.15, 0.2) is 0 Å². The van der Waals surface area contributed by atoms with E-state index < -0.39 is 0 Å². The van der Waals surface area contributed by atoms with E-state index in [0.29, 0.717) is 17.2 Å². The number of anilines is 2. The highest BCUT2D eigenvalue weighted by molar-refractivity contribution is 7.19. The number of aromatic nitrogens is 2. The molecule has 3 saturated heterocycles. The zero-order valence-corrected chi connectivity index (χ0v) is 17.6. The molecule has 0 aromatic carbocycles. The lowest BCUT2D eigenvalue weighted by Gasteiger charge is -2.61. The predicted octanol–water partition coefficient (Wildman–Crippen LogP) is 3.34. The van der Waals surface area contributed by atoms with Crippen LogP contribution in [-0.4, -0.2) is 65.0 Å². The fraction of sp³-hybridized carbons (Fsp3) is 0.850. The van der Waals surface area contributed by atoms with Gasteiger partial charge < -0.3 is 14.7 Å². The van der Waals surface area contributed by atoms with E-state index in [1.165, 1.54) is 86.8 Å². The van der Waals surface area contributed by atoms with Crippen LogP contribution in [0.1, 0.15) is 64.2 Å². The molecular weight excluding hydrogens is 372 g/mol. The number of hydrogen-bond acceptors (Lipinski definition) is 5. The summed E-state index contributed by atoms with van der Waals surface area (Å²) in [5, 5.41) is 16.1.